The molecule has 7 heteroatoms. The summed E-state index contributed by atoms with van der Waals surface area (Å²) < 4.78 is 26.0. The van der Waals surface area contributed by atoms with E-state index in [4.69, 9.17) is 0 Å². The molecular formula is C12H15BrN2O3S. The highest BCUT2D eigenvalue weighted by Crippen LogP contribution is 2.29. The predicted molar refractivity (Wildman–Crippen MR) is 77.7 cm³/mol. The minimum Gasteiger partial charge on any atom is -0.311 e. The maximum Gasteiger partial charge on any atom is 0.243 e. The van der Waals surface area contributed by atoms with Gasteiger partial charge in [-0.05, 0) is 43.7 Å². The van der Waals surface area contributed by atoms with Gasteiger partial charge in [-0.2, -0.15) is 0 Å². The molecule has 1 aromatic rings. The zero-order chi connectivity index (χ0) is 14.0. The molecule has 0 spiro atoms. The third-order valence-electron chi connectivity index (χ3n) is 3.09. The van der Waals surface area contributed by atoms with Crippen LogP contribution in [0.15, 0.2) is 22.7 Å². The van der Waals surface area contributed by atoms with Crippen molar-refractivity contribution in [2.75, 3.05) is 24.2 Å². The van der Waals surface area contributed by atoms with Gasteiger partial charge < -0.3 is 4.90 Å². The number of anilines is 1. The molecule has 19 heavy (non-hydrogen) atoms. The molecule has 2 rings (SSSR count). The zero-order valence-electron chi connectivity index (χ0n) is 10.5. The number of rotatable bonds is 3. The Hall–Kier alpha value is -0.920. The van der Waals surface area contributed by atoms with Crippen molar-refractivity contribution in [3.05, 3.63) is 28.2 Å². The predicted octanol–water partition coefficient (Wildman–Crippen LogP) is 1.28. The standard InChI is InChI=1S/C12H15BrN2O3S/c1-14-19(17,18)8-12(16)15-6-2-3-9-7-10(13)4-5-11(9)15/h4-5,7,14H,2-3,6,8H2,1H3. The van der Waals surface area contributed by atoms with Crippen LogP contribution in [0.2, 0.25) is 0 Å². The minimum atomic E-state index is -3.53. The molecule has 0 radical (unpaired) electrons. The van der Waals surface area contributed by atoms with E-state index >= 15 is 0 Å². The van der Waals surface area contributed by atoms with Crippen LogP contribution in [-0.4, -0.2) is 33.7 Å². The average Bonchev–Trinajstić information content (AvgIpc) is 2.37. The summed E-state index contributed by atoms with van der Waals surface area (Å²) in [7, 11) is -2.22. The van der Waals surface area contributed by atoms with E-state index in [-0.39, 0.29) is 0 Å². The number of fused-ring (bicyclic) bond motifs is 1. The first kappa shape index (κ1) is 14.5. The summed E-state index contributed by atoms with van der Waals surface area (Å²) in [5.74, 6) is -0.906. The number of hydrogen-bond acceptors (Lipinski definition) is 3. The SMILES string of the molecule is CNS(=O)(=O)CC(=O)N1CCCc2cc(Br)ccc21. The second-order valence-electron chi connectivity index (χ2n) is 4.39. The second kappa shape index (κ2) is 5.60. The molecule has 1 aliphatic heterocycles. The van der Waals surface area contributed by atoms with Gasteiger partial charge in [0.1, 0.15) is 5.75 Å². The molecule has 0 saturated carbocycles. The van der Waals surface area contributed by atoms with Gasteiger partial charge in [0.05, 0.1) is 0 Å². The van der Waals surface area contributed by atoms with Crippen LogP contribution >= 0.6 is 15.9 Å². The largest absolute Gasteiger partial charge is 0.311 e. The minimum absolute atomic E-state index is 0.391. The Kier molecular flexibility index (Phi) is 4.27. The maximum absolute atomic E-state index is 12.1. The van der Waals surface area contributed by atoms with Gasteiger partial charge in [0.15, 0.2) is 0 Å². The number of hydrogen-bond donors (Lipinski definition) is 1. The highest BCUT2D eigenvalue weighted by Gasteiger charge is 2.25. The lowest BCUT2D eigenvalue weighted by atomic mass is 10.0. The molecule has 0 unspecified atom stereocenters. The number of nitrogens with one attached hydrogen (secondary N) is 1. The van der Waals surface area contributed by atoms with Gasteiger partial charge in [0.25, 0.3) is 0 Å². The summed E-state index contributed by atoms with van der Waals surface area (Å²) in [5.41, 5.74) is 1.88. The highest BCUT2D eigenvalue weighted by molar-refractivity contribution is 9.10. The molecule has 0 aromatic heterocycles. The van der Waals surface area contributed by atoms with E-state index in [2.05, 4.69) is 20.7 Å². The Morgan fingerprint density at radius 2 is 2.21 bits per heavy atom. The number of halogens is 1. The molecule has 0 saturated heterocycles. The van der Waals surface area contributed by atoms with Crippen LogP contribution < -0.4 is 9.62 Å². The Labute approximate surface area is 121 Å². The number of carbonyl (C=O) groups is 1. The molecular weight excluding hydrogens is 332 g/mol. The van der Waals surface area contributed by atoms with E-state index in [1.807, 2.05) is 18.2 Å². The quantitative estimate of drug-likeness (QED) is 0.896. The Balaban J connectivity index is 2.26. The van der Waals surface area contributed by atoms with Crippen molar-refractivity contribution in [1.82, 2.24) is 4.72 Å². The number of benzene rings is 1. The molecule has 0 fully saturated rings. The van der Waals surface area contributed by atoms with Gasteiger partial charge in [-0.3, -0.25) is 4.79 Å². The van der Waals surface area contributed by atoms with E-state index in [9.17, 15) is 13.2 Å². The van der Waals surface area contributed by atoms with Crippen LogP contribution in [0.1, 0.15) is 12.0 Å². The first-order valence-electron chi connectivity index (χ1n) is 5.93. The topological polar surface area (TPSA) is 66.5 Å². The summed E-state index contributed by atoms with van der Waals surface area (Å²) in [5, 5.41) is 0. The molecule has 0 atom stereocenters. The van der Waals surface area contributed by atoms with E-state index in [1.165, 1.54) is 7.05 Å². The van der Waals surface area contributed by atoms with Crippen LogP contribution in [0.25, 0.3) is 0 Å². The Morgan fingerprint density at radius 3 is 2.89 bits per heavy atom. The summed E-state index contributed by atoms with van der Waals surface area (Å²) in [6.45, 7) is 0.562. The normalized spacial score (nSPS) is 15.2. The Morgan fingerprint density at radius 1 is 1.47 bits per heavy atom. The molecule has 1 aliphatic rings. The molecule has 1 N–H and O–H groups in total. The van der Waals surface area contributed by atoms with Crippen LogP contribution in [-0.2, 0) is 21.2 Å². The molecule has 1 amide bonds. The summed E-state index contributed by atoms with van der Waals surface area (Å²) in [6.07, 6.45) is 1.74. The smallest absolute Gasteiger partial charge is 0.243 e. The molecule has 1 heterocycles. The van der Waals surface area contributed by atoms with Crippen molar-refractivity contribution in [3.8, 4) is 0 Å². The van der Waals surface area contributed by atoms with E-state index < -0.39 is 21.7 Å². The fraction of sp³-hybridized carbons (Fsp3) is 0.417. The number of carbonyl (C=O) groups excluding carboxylic acids is 1. The van der Waals surface area contributed by atoms with Gasteiger partial charge in [-0.1, -0.05) is 15.9 Å². The molecule has 0 aliphatic carbocycles. The van der Waals surface area contributed by atoms with E-state index in [0.717, 1.165) is 28.6 Å². The van der Waals surface area contributed by atoms with Crippen molar-refractivity contribution in [1.29, 1.82) is 0 Å². The number of sulfonamides is 1. The third kappa shape index (κ3) is 3.34. The number of amides is 1. The first-order chi connectivity index (χ1) is 8.93. The van der Waals surface area contributed by atoms with E-state index in [1.54, 1.807) is 4.90 Å². The van der Waals surface area contributed by atoms with E-state index in [0.29, 0.717) is 6.54 Å². The number of nitrogens with zero attached hydrogens (tertiary/aromatic N) is 1. The molecule has 5 nitrogen and oxygen atoms in total. The summed E-state index contributed by atoms with van der Waals surface area (Å²) in [6, 6.07) is 5.68. The fourth-order valence-corrected chi connectivity index (χ4v) is 3.17. The van der Waals surface area contributed by atoms with Gasteiger partial charge in [-0.15, -0.1) is 0 Å². The lowest BCUT2D eigenvalue weighted by Gasteiger charge is -2.29. The summed E-state index contributed by atoms with van der Waals surface area (Å²) >= 11 is 3.40. The maximum atomic E-state index is 12.1. The molecule has 104 valence electrons. The van der Waals surface area contributed by atoms with Crippen LogP contribution in [0.3, 0.4) is 0 Å². The Bertz CT molecular complexity index is 601. The van der Waals surface area contributed by atoms with Gasteiger partial charge >= 0.3 is 0 Å². The lowest BCUT2D eigenvalue weighted by Crippen LogP contribution is -2.41. The highest BCUT2D eigenvalue weighted by atomic mass is 79.9. The number of aryl methyl sites for hydroxylation is 1. The van der Waals surface area contributed by atoms with Crippen LogP contribution in [0.4, 0.5) is 5.69 Å². The van der Waals surface area contributed by atoms with Crippen LogP contribution in [0, 0.1) is 0 Å². The monoisotopic (exact) mass is 346 g/mol. The van der Waals surface area contributed by atoms with Crippen molar-refractivity contribution in [3.63, 3.8) is 0 Å². The van der Waals surface area contributed by atoms with Gasteiger partial charge in [0.2, 0.25) is 15.9 Å². The lowest BCUT2D eigenvalue weighted by molar-refractivity contribution is -0.116. The van der Waals surface area contributed by atoms with Crippen molar-refractivity contribution in [2.45, 2.75) is 12.8 Å². The molecule has 1 aromatic carbocycles. The first-order valence-corrected chi connectivity index (χ1v) is 8.37. The van der Waals surface area contributed by atoms with Crippen LogP contribution in [0.5, 0.6) is 0 Å². The third-order valence-corrected chi connectivity index (χ3v) is 4.83. The fourth-order valence-electron chi connectivity index (χ4n) is 2.14. The molecule has 0 bridgehead atoms. The van der Waals surface area contributed by atoms with Gasteiger partial charge in [0, 0.05) is 16.7 Å². The van der Waals surface area contributed by atoms with Crippen molar-refractivity contribution in [2.24, 2.45) is 0 Å². The second-order valence-corrected chi connectivity index (χ2v) is 7.23. The summed E-state index contributed by atoms with van der Waals surface area (Å²) in [4.78, 5) is 13.7. The zero-order valence-corrected chi connectivity index (χ0v) is 12.9. The average molecular weight is 347 g/mol. The van der Waals surface area contributed by atoms with Crippen molar-refractivity contribution < 1.29 is 13.2 Å². The van der Waals surface area contributed by atoms with Crippen molar-refractivity contribution >= 4 is 37.5 Å². The van der Waals surface area contributed by atoms with Gasteiger partial charge in [-0.25, -0.2) is 13.1 Å².